The minimum absolute atomic E-state index is 0.228. The second kappa shape index (κ2) is 10.2. The molecule has 0 aliphatic rings. The lowest BCUT2D eigenvalue weighted by atomic mass is 10.0. The number of hydrogen-bond donors (Lipinski definition) is 0. The molecule has 0 aliphatic carbocycles. The van der Waals surface area contributed by atoms with E-state index in [1.54, 1.807) is 38.3 Å². The molecule has 0 radical (unpaired) electrons. The number of ether oxygens (including phenoxy) is 2. The Bertz CT molecular complexity index is 1460. The summed E-state index contributed by atoms with van der Waals surface area (Å²) >= 11 is 3.41. The fraction of sp³-hybridized carbons (Fsp3) is 0.231. The first-order chi connectivity index (χ1) is 16.4. The molecule has 0 bridgehead atoms. The van der Waals surface area contributed by atoms with Gasteiger partial charge in [0.1, 0.15) is 11.6 Å². The second-order valence-corrected chi connectivity index (χ2v) is 8.85. The van der Waals surface area contributed by atoms with Gasteiger partial charge in [0, 0.05) is 16.5 Å². The van der Waals surface area contributed by atoms with Gasteiger partial charge in [0.15, 0.2) is 6.61 Å². The minimum atomic E-state index is -0.458. The Morgan fingerprint density at radius 2 is 1.94 bits per heavy atom. The first kappa shape index (κ1) is 23.6. The molecule has 0 saturated heterocycles. The molecule has 7 nitrogen and oxygen atoms in total. The van der Waals surface area contributed by atoms with E-state index in [-0.39, 0.29) is 18.3 Å². The highest BCUT2D eigenvalue weighted by Crippen LogP contribution is 2.27. The summed E-state index contributed by atoms with van der Waals surface area (Å²) < 4.78 is 13.1. The Balaban J connectivity index is 1.80. The Hall–Kier alpha value is -3.52. The zero-order valence-electron chi connectivity index (χ0n) is 19.1. The van der Waals surface area contributed by atoms with Crippen LogP contribution in [0.5, 0.6) is 5.75 Å². The van der Waals surface area contributed by atoms with Crippen LogP contribution in [0.25, 0.3) is 21.7 Å². The van der Waals surface area contributed by atoms with Crippen LogP contribution in [0.2, 0.25) is 0 Å². The number of carbonyl (C=O) groups excluding carboxylic acids is 1. The minimum Gasteiger partial charge on any atom is -0.481 e. The van der Waals surface area contributed by atoms with Crippen LogP contribution >= 0.6 is 15.9 Å². The van der Waals surface area contributed by atoms with E-state index in [1.807, 2.05) is 43.3 Å². The Morgan fingerprint density at radius 3 is 2.71 bits per heavy atom. The van der Waals surface area contributed by atoms with Crippen LogP contribution in [0.3, 0.4) is 0 Å². The highest BCUT2D eigenvalue weighted by Gasteiger charge is 2.13. The molecule has 34 heavy (non-hydrogen) atoms. The predicted molar refractivity (Wildman–Crippen MR) is 137 cm³/mol. The average molecular weight is 522 g/mol. The molecular formula is C26H24BrN3O4. The van der Waals surface area contributed by atoms with E-state index >= 15 is 0 Å². The molecule has 1 heterocycles. The van der Waals surface area contributed by atoms with E-state index in [9.17, 15) is 9.59 Å². The summed E-state index contributed by atoms with van der Waals surface area (Å²) in [5.41, 5.74) is 1.01. The van der Waals surface area contributed by atoms with Gasteiger partial charge in [0.25, 0.3) is 5.56 Å². The highest BCUT2D eigenvalue weighted by molar-refractivity contribution is 9.10. The van der Waals surface area contributed by atoms with Crippen molar-refractivity contribution in [3.63, 3.8) is 0 Å². The molecule has 0 unspecified atom stereocenters. The van der Waals surface area contributed by atoms with Crippen LogP contribution < -0.4 is 10.3 Å². The quantitative estimate of drug-likeness (QED) is 0.250. The van der Waals surface area contributed by atoms with Gasteiger partial charge >= 0.3 is 5.97 Å². The molecule has 0 atom stereocenters. The van der Waals surface area contributed by atoms with E-state index in [2.05, 4.69) is 26.0 Å². The molecule has 1 aromatic heterocycles. The van der Waals surface area contributed by atoms with Gasteiger partial charge < -0.3 is 9.47 Å². The van der Waals surface area contributed by atoms with Crippen LogP contribution in [0.4, 0.5) is 0 Å². The molecule has 0 spiro atoms. The van der Waals surface area contributed by atoms with Crippen LogP contribution in [0.1, 0.15) is 32.2 Å². The topological polar surface area (TPSA) is 82.8 Å². The normalized spacial score (nSPS) is 11.6. The van der Waals surface area contributed by atoms with Gasteiger partial charge in [-0.1, -0.05) is 53.2 Å². The number of aromatic nitrogens is 2. The van der Waals surface area contributed by atoms with Gasteiger partial charge in [-0.15, -0.1) is 0 Å². The summed E-state index contributed by atoms with van der Waals surface area (Å²) in [5, 5.41) is 6.84. The van der Waals surface area contributed by atoms with Gasteiger partial charge in [0.2, 0.25) is 0 Å². The fourth-order valence-corrected chi connectivity index (χ4v) is 3.99. The van der Waals surface area contributed by atoms with E-state index in [4.69, 9.17) is 9.47 Å². The number of esters is 1. The molecule has 4 aromatic rings. The summed E-state index contributed by atoms with van der Waals surface area (Å²) in [4.78, 5) is 29.9. The van der Waals surface area contributed by atoms with Crippen LogP contribution in [-0.4, -0.2) is 34.6 Å². The van der Waals surface area contributed by atoms with E-state index in [0.29, 0.717) is 34.5 Å². The van der Waals surface area contributed by atoms with Crippen molar-refractivity contribution >= 4 is 49.8 Å². The van der Waals surface area contributed by atoms with E-state index in [0.717, 1.165) is 15.2 Å². The van der Waals surface area contributed by atoms with Crippen molar-refractivity contribution in [1.29, 1.82) is 0 Å². The number of nitrogens with zero attached hydrogens (tertiary/aromatic N) is 3. The lowest BCUT2D eigenvalue weighted by Gasteiger charge is -2.13. The average Bonchev–Trinajstić information content (AvgIpc) is 2.82. The molecular weight excluding hydrogens is 498 g/mol. The largest absolute Gasteiger partial charge is 0.481 e. The van der Waals surface area contributed by atoms with Crippen molar-refractivity contribution in [1.82, 2.24) is 9.66 Å². The van der Waals surface area contributed by atoms with Crippen molar-refractivity contribution in [2.75, 3.05) is 6.61 Å². The standard InChI is InChI=1S/C26H24BrN3O4/c1-4-24-29-22-11-10-18(27)13-20(22)26(32)30(24)28-14-21-19-8-6-5-7-17(19)9-12-23(21)33-15-25(31)34-16(2)3/h5-14,16H,4,15H2,1-3H3. The van der Waals surface area contributed by atoms with Gasteiger partial charge in [0.05, 0.1) is 23.2 Å². The molecule has 174 valence electrons. The molecule has 0 aliphatic heterocycles. The number of fused-ring (bicyclic) bond motifs is 2. The summed E-state index contributed by atoms with van der Waals surface area (Å²) in [7, 11) is 0. The van der Waals surface area contributed by atoms with Crippen molar-refractivity contribution in [2.24, 2.45) is 5.10 Å². The number of benzene rings is 3. The van der Waals surface area contributed by atoms with Crippen LogP contribution in [0, 0.1) is 0 Å². The van der Waals surface area contributed by atoms with E-state index in [1.165, 1.54) is 4.68 Å². The van der Waals surface area contributed by atoms with Crippen molar-refractivity contribution in [3.05, 3.63) is 80.8 Å². The maximum Gasteiger partial charge on any atom is 0.344 e. The predicted octanol–water partition coefficient (Wildman–Crippen LogP) is 5.09. The molecule has 0 fully saturated rings. The summed E-state index contributed by atoms with van der Waals surface area (Å²) in [6.45, 7) is 5.25. The maximum atomic E-state index is 13.2. The van der Waals surface area contributed by atoms with Crippen LogP contribution in [-0.2, 0) is 16.0 Å². The molecule has 0 N–H and O–H groups in total. The Kier molecular flexibility index (Phi) is 7.07. The lowest BCUT2D eigenvalue weighted by Crippen LogP contribution is -2.22. The van der Waals surface area contributed by atoms with Crippen LogP contribution in [0.15, 0.2) is 69.0 Å². The third-order valence-electron chi connectivity index (χ3n) is 5.14. The number of hydrogen-bond acceptors (Lipinski definition) is 6. The number of rotatable bonds is 7. The number of carbonyl (C=O) groups is 1. The maximum absolute atomic E-state index is 13.2. The second-order valence-electron chi connectivity index (χ2n) is 7.93. The molecule has 3 aromatic carbocycles. The van der Waals surface area contributed by atoms with Crippen molar-refractivity contribution in [2.45, 2.75) is 33.3 Å². The molecule has 0 saturated carbocycles. The Morgan fingerprint density at radius 1 is 1.15 bits per heavy atom. The van der Waals surface area contributed by atoms with Crippen molar-refractivity contribution in [3.8, 4) is 5.75 Å². The fourth-order valence-electron chi connectivity index (χ4n) is 3.63. The van der Waals surface area contributed by atoms with Gasteiger partial charge in [-0.25, -0.2) is 9.78 Å². The number of aryl methyl sites for hydroxylation is 1. The first-order valence-electron chi connectivity index (χ1n) is 11.0. The third-order valence-corrected chi connectivity index (χ3v) is 5.63. The van der Waals surface area contributed by atoms with Gasteiger partial charge in [-0.05, 0) is 48.9 Å². The first-order valence-corrected chi connectivity index (χ1v) is 11.8. The SMILES string of the molecule is CCc1nc2ccc(Br)cc2c(=O)n1N=Cc1c(OCC(=O)OC(C)C)ccc2ccccc12. The summed E-state index contributed by atoms with van der Waals surface area (Å²) in [6.07, 6.45) is 1.88. The molecule has 8 heteroatoms. The van der Waals surface area contributed by atoms with Gasteiger partial charge in [-0.2, -0.15) is 9.78 Å². The van der Waals surface area contributed by atoms with Gasteiger partial charge in [-0.3, -0.25) is 4.79 Å². The zero-order chi connectivity index (χ0) is 24.2. The summed E-state index contributed by atoms with van der Waals surface area (Å²) in [5.74, 6) is 0.546. The summed E-state index contributed by atoms with van der Waals surface area (Å²) in [6, 6.07) is 16.9. The lowest BCUT2D eigenvalue weighted by molar-refractivity contribution is -0.149. The monoisotopic (exact) mass is 521 g/mol. The number of halogens is 1. The molecule has 4 rings (SSSR count). The van der Waals surface area contributed by atoms with E-state index < -0.39 is 5.97 Å². The molecule has 0 amide bonds. The smallest absolute Gasteiger partial charge is 0.344 e. The van der Waals surface area contributed by atoms with Crippen molar-refractivity contribution < 1.29 is 14.3 Å². The highest BCUT2D eigenvalue weighted by atomic mass is 79.9. The third kappa shape index (κ3) is 5.02. The Labute approximate surface area is 205 Å². The zero-order valence-corrected chi connectivity index (χ0v) is 20.7.